The number of piperidine rings is 1. The van der Waals surface area contributed by atoms with E-state index in [4.69, 9.17) is 0 Å². The van der Waals surface area contributed by atoms with E-state index in [2.05, 4.69) is 22.5 Å². The molecule has 1 rings (SSSR count). The summed E-state index contributed by atoms with van der Waals surface area (Å²) in [5, 5.41) is 5.04. The molecule has 5 heteroatoms. The van der Waals surface area contributed by atoms with Gasteiger partial charge in [-0.15, -0.1) is 0 Å². The van der Waals surface area contributed by atoms with Gasteiger partial charge in [0.2, 0.25) is 5.91 Å². The number of amides is 3. The maximum absolute atomic E-state index is 11.9. The van der Waals surface area contributed by atoms with E-state index in [1.807, 2.05) is 20.8 Å². The zero-order valence-electron chi connectivity index (χ0n) is 11.8. The van der Waals surface area contributed by atoms with Crippen molar-refractivity contribution in [3.63, 3.8) is 0 Å². The lowest BCUT2D eigenvalue weighted by molar-refractivity contribution is -0.125. The molecule has 1 aliphatic rings. The molecule has 1 aliphatic heterocycles. The number of imide groups is 1. The summed E-state index contributed by atoms with van der Waals surface area (Å²) < 4.78 is 0. The van der Waals surface area contributed by atoms with Crippen molar-refractivity contribution in [2.75, 3.05) is 13.1 Å². The highest BCUT2D eigenvalue weighted by Crippen LogP contribution is 2.17. The van der Waals surface area contributed by atoms with Crippen molar-refractivity contribution in [2.24, 2.45) is 5.92 Å². The van der Waals surface area contributed by atoms with Crippen LogP contribution < -0.4 is 10.6 Å². The van der Waals surface area contributed by atoms with Gasteiger partial charge < -0.3 is 5.32 Å². The molecule has 0 aromatic heterocycles. The topological polar surface area (TPSA) is 61.4 Å². The number of carbonyl (C=O) groups is 2. The molecule has 0 radical (unpaired) electrons. The van der Waals surface area contributed by atoms with Gasteiger partial charge in [0.05, 0.1) is 6.04 Å². The van der Waals surface area contributed by atoms with Crippen LogP contribution in [0.3, 0.4) is 0 Å². The summed E-state index contributed by atoms with van der Waals surface area (Å²) in [6.45, 7) is 9.67. The minimum absolute atomic E-state index is 0.0314. The molecule has 0 unspecified atom stereocenters. The Kier molecular flexibility index (Phi) is 5.59. The maximum atomic E-state index is 11.9. The Hall–Kier alpha value is -1.10. The Bertz CT molecular complexity index is 297. The Balaban J connectivity index is 2.39. The van der Waals surface area contributed by atoms with Gasteiger partial charge in [0.25, 0.3) is 0 Å². The molecule has 0 aromatic rings. The average Bonchev–Trinajstić information content (AvgIpc) is 2.27. The molecule has 3 amide bonds. The second kappa shape index (κ2) is 6.73. The monoisotopic (exact) mass is 255 g/mol. The van der Waals surface area contributed by atoms with Crippen LogP contribution >= 0.6 is 0 Å². The van der Waals surface area contributed by atoms with E-state index in [0.29, 0.717) is 0 Å². The average molecular weight is 255 g/mol. The van der Waals surface area contributed by atoms with Gasteiger partial charge in [-0.05, 0) is 52.6 Å². The number of nitrogens with one attached hydrogen (secondary N) is 2. The Morgan fingerprint density at radius 3 is 2.22 bits per heavy atom. The standard InChI is InChI=1S/C13H25N3O2/c1-9(2)14-13(18)15-12(17)11(4)16-7-5-10(3)6-8-16/h9-11H,5-8H2,1-4H3,(H2,14,15,17,18)/t11-/m1/s1. The van der Waals surface area contributed by atoms with Gasteiger partial charge in [-0.2, -0.15) is 0 Å². The Morgan fingerprint density at radius 2 is 1.72 bits per heavy atom. The second-order valence-corrected chi connectivity index (χ2v) is 5.51. The first-order chi connectivity index (χ1) is 8.40. The van der Waals surface area contributed by atoms with Crippen LogP contribution in [0.1, 0.15) is 40.5 Å². The minimum Gasteiger partial charge on any atom is -0.336 e. The summed E-state index contributed by atoms with van der Waals surface area (Å²) in [6, 6.07) is -0.619. The first-order valence-electron chi connectivity index (χ1n) is 6.75. The first-order valence-corrected chi connectivity index (χ1v) is 6.75. The summed E-state index contributed by atoms with van der Waals surface area (Å²) in [5.41, 5.74) is 0. The summed E-state index contributed by atoms with van der Waals surface area (Å²) in [4.78, 5) is 25.5. The Morgan fingerprint density at radius 1 is 1.17 bits per heavy atom. The fourth-order valence-electron chi connectivity index (χ4n) is 2.10. The number of hydrogen-bond acceptors (Lipinski definition) is 3. The molecule has 0 bridgehead atoms. The van der Waals surface area contributed by atoms with Crippen LogP contribution in [-0.2, 0) is 4.79 Å². The first kappa shape index (κ1) is 15.0. The van der Waals surface area contributed by atoms with Crippen LogP contribution in [-0.4, -0.2) is 42.0 Å². The Labute approximate surface area is 109 Å². The number of hydrogen-bond donors (Lipinski definition) is 2. The molecule has 5 nitrogen and oxygen atoms in total. The van der Waals surface area contributed by atoms with Gasteiger partial charge in [0.1, 0.15) is 0 Å². The quantitative estimate of drug-likeness (QED) is 0.800. The molecular weight excluding hydrogens is 230 g/mol. The summed E-state index contributed by atoms with van der Waals surface area (Å²) in [6.07, 6.45) is 2.24. The van der Waals surface area contributed by atoms with Gasteiger partial charge in [-0.3, -0.25) is 15.0 Å². The molecule has 0 aromatic carbocycles. The van der Waals surface area contributed by atoms with E-state index in [1.165, 1.54) is 0 Å². The predicted octanol–water partition coefficient (Wildman–Crippen LogP) is 1.34. The van der Waals surface area contributed by atoms with E-state index in [-0.39, 0.29) is 18.0 Å². The lowest BCUT2D eigenvalue weighted by Crippen LogP contribution is -2.52. The molecular formula is C13H25N3O2. The second-order valence-electron chi connectivity index (χ2n) is 5.51. The molecule has 1 atom stereocenters. The molecule has 0 spiro atoms. The zero-order valence-corrected chi connectivity index (χ0v) is 11.8. The lowest BCUT2D eigenvalue weighted by Gasteiger charge is -2.33. The lowest BCUT2D eigenvalue weighted by atomic mass is 9.98. The number of rotatable bonds is 3. The maximum Gasteiger partial charge on any atom is 0.321 e. The van der Waals surface area contributed by atoms with Crippen LogP contribution in [0.25, 0.3) is 0 Å². The highest BCUT2D eigenvalue weighted by atomic mass is 16.2. The van der Waals surface area contributed by atoms with Crippen molar-refractivity contribution in [2.45, 2.75) is 52.6 Å². The molecule has 1 fully saturated rings. The van der Waals surface area contributed by atoms with Crippen LogP contribution in [0.2, 0.25) is 0 Å². The third-order valence-corrected chi connectivity index (χ3v) is 3.40. The van der Waals surface area contributed by atoms with Crippen LogP contribution in [0.15, 0.2) is 0 Å². The highest BCUT2D eigenvalue weighted by Gasteiger charge is 2.25. The smallest absolute Gasteiger partial charge is 0.321 e. The van der Waals surface area contributed by atoms with Gasteiger partial charge in [0, 0.05) is 6.04 Å². The van der Waals surface area contributed by atoms with E-state index in [9.17, 15) is 9.59 Å². The molecule has 1 saturated heterocycles. The number of nitrogens with zero attached hydrogens (tertiary/aromatic N) is 1. The van der Waals surface area contributed by atoms with E-state index >= 15 is 0 Å². The zero-order chi connectivity index (χ0) is 13.7. The normalized spacial score (nSPS) is 19.6. The van der Waals surface area contributed by atoms with Crippen LogP contribution in [0.4, 0.5) is 4.79 Å². The number of likely N-dealkylation sites (tertiary alicyclic amines) is 1. The third-order valence-electron chi connectivity index (χ3n) is 3.40. The van der Waals surface area contributed by atoms with Crippen LogP contribution in [0.5, 0.6) is 0 Å². The summed E-state index contributed by atoms with van der Waals surface area (Å²) >= 11 is 0. The van der Waals surface area contributed by atoms with Gasteiger partial charge >= 0.3 is 6.03 Å². The predicted molar refractivity (Wildman–Crippen MR) is 71.2 cm³/mol. The van der Waals surface area contributed by atoms with E-state index in [1.54, 1.807) is 0 Å². The molecule has 104 valence electrons. The van der Waals surface area contributed by atoms with Gasteiger partial charge in [-0.1, -0.05) is 6.92 Å². The van der Waals surface area contributed by atoms with E-state index in [0.717, 1.165) is 31.8 Å². The van der Waals surface area contributed by atoms with Crippen molar-refractivity contribution >= 4 is 11.9 Å². The molecule has 18 heavy (non-hydrogen) atoms. The molecule has 0 saturated carbocycles. The molecule has 2 N–H and O–H groups in total. The van der Waals surface area contributed by atoms with Crippen molar-refractivity contribution in [1.82, 2.24) is 15.5 Å². The molecule has 0 aliphatic carbocycles. The molecule has 1 heterocycles. The summed E-state index contributed by atoms with van der Waals surface area (Å²) in [5.74, 6) is 0.517. The minimum atomic E-state index is -0.410. The fourth-order valence-corrected chi connectivity index (χ4v) is 2.10. The van der Waals surface area contributed by atoms with Crippen molar-refractivity contribution < 1.29 is 9.59 Å². The van der Waals surface area contributed by atoms with Crippen molar-refractivity contribution in [1.29, 1.82) is 0 Å². The van der Waals surface area contributed by atoms with Crippen molar-refractivity contribution in [3.8, 4) is 0 Å². The summed E-state index contributed by atoms with van der Waals surface area (Å²) in [7, 11) is 0. The highest BCUT2D eigenvalue weighted by molar-refractivity contribution is 5.96. The largest absolute Gasteiger partial charge is 0.336 e. The van der Waals surface area contributed by atoms with Gasteiger partial charge in [-0.25, -0.2) is 4.79 Å². The van der Waals surface area contributed by atoms with Gasteiger partial charge in [0.15, 0.2) is 0 Å². The van der Waals surface area contributed by atoms with E-state index < -0.39 is 6.03 Å². The fraction of sp³-hybridized carbons (Fsp3) is 0.846. The third kappa shape index (κ3) is 4.64. The number of carbonyl (C=O) groups excluding carboxylic acids is 2. The SMILES string of the molecule is CC1CCN([C@H](C)C(=O)NC(=O)NC(C)C)CC1. The van der Waals surface area contributed by atoms with Crippen LogP contribution in [0, 0.1) is 5.92 Å². The van der Waals surface area contributed by atoms with Crippen molar-refractivity contribution in [3.05, 3.63) is 0 Å². The number of urea groups is 1.